The van der Waals surface area contributed by atoms with E-state index in [0.29, 0.717) is 11.8 Å². The van der Waals surface area contributed by atoms with E-state index in [1.165, 1.54) is 138 Å². The Morgan fingerprint density at radius 1 is 0.357 bits per heavy atom. The molecule has 346 valence electrons. The van der Waals surface area contributed by atoms with Gasteiger partial charge in [0.1, 0.15) is 0 Å². The second-order valence-electron chi connectivity index (χ2n) is 22.4. The summed E-state index contributed by atoms with van der Waals surface area (Å²) >= 11 is 0. The number of hydrogen-bond acceptors (Lipinski definition) is 2. The number of anilines is 4. The Bertz CT molecular complexity index is 3260. The van der Waals surface area contributed by atoms with Gasteiger partial charge in [-0.1, -0.05) is 174 Å². The summed E-state index contributed by atoms with van der Waals surface area (Å²) in [6, 6.07) is 74.1. The molecule has 6 unspecified atom stereocenters. The van der Waals surface area contributed by atoms with Crippen LogP contribution in [0.25, 0.3) is 66.1 Å². The van der Waals surface area contributed by atoms with Gasteiger partial charge < -0.3 is 9.80 Å². The molecule has 0 aromatic heterocycles. The summed E-state index contributed by atoms with van der Waals surface area (Å²) < 4.78 is 0. The molecule has 0 N–H and O–H groups in total. The highest BCUT2D eigenvalue weighted by molar-refractivity contribution is 6.22. The number of hydrogen-bond donors (Lipinski definition) is 0. The molecule has 2 fully saturated rings. The minimum absolute atomic E-state index is 0.0125. The van der Waals surface area contributed by atoms with Crippen LogP contribution in [0.2, 0.25) is 0 Å². The van der Waals surface area contributed by atoms with Crippen LogP contribution in [-0.4, -0.2) is 11.1 Å². The molecule has 2 heterocycles. The Hall–Kier alpha value is -6.90. The fourth-order valence-corrected chi connectivity index (χ4v) is 15.0. The van der Waals surface area contributed by atoms with Gasteiger partial charge in [-0.15, -0.1) is 0 Å². The molecule has 2 nitrogen and oxygen atoms in total. The first-order valence-corrected chi connectivity index (χ1v) is 26.2. The Morgan fingerprint density at radius 2 is 0.700 bits per heavy atom. The summed E-state index contributed by atoms with van der Waals surface area (Å²) in [6.45, 7) is 15.2. The standard InChI is InChI=1S/C68H64N2/c1-45-21-19-39-65(3)59-43-51(33-37-61(59)69(67(45,65)5)53-27-15-9-16-28-53)49-31-35-55-57(41-49)63(47-23-11-7-12-24-47)56-36-32-50(42-58(56)64(55)48-25-13-8-14-26-48)52-34-38-62-60(44-52)66(4)40-20-22-46(2)68(66,6)70(62)54-29-17-10-18-30-54/h7-18,23-38,41-46H,19-22,39-40H2,1-6H3. The molecule has 9 aromatic carbocycles. The molecule has 70 heavy (non-hydrogen) atoms. The van der Waals surface area contributed by atoms with Crippen molar-refractivity contribution in [2.45, 2.75) is 102 Å². The largest absolute Gasteiger partial charge is 0.334 e. The van der Waals surface area contributed by atoms with E-state index in [9.17, 15) is 0 Å². The molecule has 6 atom stereocenters. The normalized spacial score (nSPS) is 25.7. The van der Waals surface area contributed by atoms with Gasteiger partial charge in [-0.05, 0) is 189 Å². The molecule has 0 bridgehead atoms. The Labute approximate surface area is 415 Å². The van der Waals surface area contributed by atoms with Gasteiger partial charge in [0.2, 0.25) is 0 Å². The summed E-state index contributed by atoms with van der Waals surface area (Å²) in [5, 5.41) is 5.13. The highest BCUT2D eigenvalue weighted by Crippen LogP contribution is 2.64. The summed E-state index contributed by atoms with van der Waals surface area (Å²) in [5.74, 6) is 1.10. The zero-order chi connectivity index (χ0) is 47.6. The van der Waals surface area contributed by atoms with Crippen molar-refractivity contribution in [3.8, 4) is 44.5 Å². The van der Waals surface area contributed by atoms with E-state index >= 15 is 0 Å². The van der Waals surface area contributed by atoms with Crippen molar-refractivity contribution in [2.24, 2.45) is 11.8 Å². The average molecular weight is 909 g/mol. The fourth-order valence-electron chi connectivity index (χ4n) is 15.0. The molecule has 0 amide bonds. The van der Waals surface area contributed by atoms with Crippen molar-refractivity contribution < 1.29 is 0 Å². The van der Waals surface area contributed by atoms with Crippen LogP contribution >= 0.6 is 0 Å². The molecule has 2 saturated carbocycles. The highest BCUT2D eigenvalue weighted by atomic mass is 15.3. The first kappa shape index (κ1) is 43.1. The lowest BCUT2D eigenvalue weighted by Crippen LogP contribution is -2.59. The lowest BCUT2D eigenvalue weighted by Gasteiger charge is -2.54. The highest BCUT2D eigenvalue weighted by Gasteiger charge is 2.62. The van der Waals surface area contributed by atoms with Gasteiger partial charge in [0.25, 0.3) is 0 Å². The number of para-hydroxylation sites is 2. The lowest BCUT2D eigenvalue weighted by molar-refractivity contribution is 0.130. The molecular weight excluding hydrogens is 845 g/mol. The smallest absolute Gasteiger partial charge is 0.0543 e. The van der Waals surface area contributed by atoms with Crippen molar-refractivity contribution in [1.82, 2.24) is 0 Å². The van der Waals surface area contributed by atoms with Crippen LogP contribution in [0.15, 0.2) is 194 Å². The fraction of sp³-hybridized carbons (Fsp3) is 0.265. The first-order valence-electron chi connectivity index (χ1n) is 26.2. The number of nitrogens with zero attached hydrogens (tertiary/aromatic N) is 2. The van der Waals surface area contributed by atoms with Gasteiger partial charge in [0, 0.05) is 33.6 Å². The Kier molecular flexibility index (Phi) is 9.74. The molecular formula is C68H64N2. The van der Waals surface area contributed by atoms with Crippen LogP contribution < -0.4 is 9.80 Å². The molecule has 0 saturated heterocycles. The zero-order valence-electron chi connectivity index (χ0n) is 41.8. The third kappa shape index (κ3) is 5.92. The van der Waals surface area contributed by atoms with Crippen LogP contribution in [0, 0.1) is 11.8 Å². The Morgan fingerprint density at radius 3 is 1.09 bits per heavy atom. The van der Waals surface area contributed by atoms with Gasteiger partial charge in [0.05, 0.1) is 11.1 Å². The Balaban J connectivity index is 1.01. The molecule has 9 aromatic rings. The van der Waals surface area contributed by atoms with E-state index in [4.69, 9.17) is 0 Å². The monoisotopic (exact) mass is 909 g/mol. The molecule has 2 aliphatic heterocycles. The van der Waals surface area contributed by atoms with Gasteiger partial charge in [0.15, 0.2) is 0 Å². The van der Waals surface area contributed by atoms with E-state index in [-0.39, 0.29) is 21.9 Å². The summed E-state index contributed by atoms with van der Waals surface area (Å²) in [7, 11) is 0. The van der Waals surface area contributed by atoms with Crippen LogP contribution in [0.1, 0.15) is 91.2 Å². The summed E-state index contributed by atoms with van der Waals surface area (Å²) in [6.07, 6.45) is 7.39. The second-order valence-corrected chi connectivity index (χ2v) is 22.4. The van der Waals surface area contributed by atoms with E-state index in [0.717, 1.165) is 0 Å². The summed E-state index contributed by atoms with van der Waals surface area (Å²) in [5.41, 5.74) is 18.4. The minimum Gasteiger partial charge on any atom is -0.334 e. The van der Waals surface area contributed by atoms with Crippen molar-refractivity contribution >= 4 is 44.3 Å². The average Bonchev–Trinajstić information content (AvgIpc) is 3.75. The molecule has 0 spiro atoms. The number of benzene rings is 9. The van der Waals surface area contributed by atoms with Gasteiger partial charge >= 0.3 is 0 Å². The summed E-state index contributed by atoms with van der Waals surface area (Å²) in [4.78, 5) is 5.40. The SMILES string of the molecule is CC1CCCC2(C)c3cc(-c4ccc5c(-c6ccccc6)c6cc(-c7ccc8c(c7)C7(C)CCCC(C)C7(C)N8c7ccccc7)ccc6c(-c6ccccc6)c5c4)ccc3N(c3ccccc3)C12C. The van der Waals surface area contributed by atoms with E-state index in [1.54, 1.807) is 0 Å². The maximum atomic E-state index is 2.70. The lowest BCUT2D eigenvalue weighted by atomic mass is 9.57. The molecule has 0 radical (unpaired) electrons. The van der Waals surface area contributed by atoms with E-state index in [1.807, 2.05) is 0 Å². The van der Waals surface area contributed by atoms with Crippen molar-refractivity contribution in [3.05, 3.63) is 205 Å². The van der Waals surface area contributed by atoms with Crippen LogP contribution in [0.3, 0.4) is 0 Å². The van der Waals surface area contributed by atoms with Gasteiger partial charge in [-0.25, -0.2) is 0 Å². The second kappa shape index (κ2) is 15.8. The third-order valence-corrected chi connectivity index (χ3v) is 19.3. The van der Waals surface area contributed by atoms with Crippen molar-refractivity contribution in [1.29, 1.82) is 0 Å². The molecule has 2 aliphatic carbocycles. The van der Waals surface area contributed by atoms with Gasteiger partial charge in [-0.2, -0.15) is 0 Å². The van der Waals surface area contributed by atoms with E-state index in [2.05, 4.69) is 245 Å². The predicted molar refractivity (Wildman–Crippen MR) is 298 cm³/mol. The minimum atomic E-state index is -0.0327. The van der Waals surface area contributed by atoms with Crippen molar-refractivity contribution in [2.75, 3.05) is 9.80 Å². The predicted octanol–water partition coefficient (Wildman–Crippen LogP) is 18.6. The maximum absolute atomic E-state index is 2.70. The molecule has 4 aliphatic rings. The van der Waals surface area contributed by atoms with Crippen LogP contribution in [-0.2, 0) is 10.8 Å². The maximum Gasteiger partial charge on any atom is 0.0543 e. The quantitative estimate of drug-likeness (QED) is 0.153. The molecule has 13 rings (SSSR count). The van der Waals surface area contributed by atoms with E-state index < -0.39 is 0 Å². The number of rotatable bonds is 6. The number of fused-ring (bicyclic) bond motifs is 8. The van der Waals surface area contributed by atoms with Crippen LogP contribution in [0.4, 0.5) is 22.7 Å². The first-order chi connectivity index (χ1) is 34.0. The zero-order valence-corrected chi connectivity index (χ0v) is 41.8. The molecule has 2 heteroatoms. The van der Waals surface area contributed by atoms with Crippen molar-refractivity contribution in [3.63, 3.8) is 0 Å². The van der Waals surface area contributed by atoms with Gasteiger partial charge in [-0.3, -0.25) is 0 Å². The third-order valence-electron chi connectivity index (χ3n) is 19.3. The topological polar surface area (TPSA) is 6.48 Å². The van der Waals surface area contributed by atoms with Crippen LogP contribution in [0.5, 0.6) is 0 Å².